The lowest BCUT2D eigenvalue weighted by Gasteiger charge is -2.49. The molecule has 1 fully saturated rings. The molecule has 4 unspecified atom stereocenters. The summed E-state index contributed by atoms with van der Waals surface area (Å²) in [6.45, 7) is 5.04. The molecule has 0 aliphatic heterocycles. The van der Waals surface area contributed by atoms with Crippen LogP contribution in [0.3, 0.4) is 0 Å². The molecule has 0 saturated heterocycles. The van der Waals surface area contributed by atoms with Gasteiger partial charge in [0.25, 0.3) is 0 Å². The first-order chi connectivity index (χ1) is 16.1. The summed E-state index contributed by atoms with van der Waals surface area (Å²) in [5.74, 6) is 2.14. The van der Waals surface area contributed by atoms with Gasteiger partial charge in [-0.2, -0.15) is 0 Å². The fraction of sp³-hybridized carbons (Fsp3) is 0.692. The summed E-state index contributed by atoms with van der Waals surface area (Å²) in [5.41, 5.74) is 7.95. The van der Waals surface area contributed by atoms with Gasteiger partial charge in [-0.1, -0.05) is 30.4 Å². The Bertz CT molecular complexity index is 890. The summed E-state index contributed by atoms with van der Waals surface area (Å²) < 4.78 is 29.3. The minimum absolute atomic E-state index is 0.372. The largest absolute Gasteiger partial charge is 0.330 e. The zero-order chi connectivity index (χ0) is 23.1. The van der Waals surface area contributed by atoms with Crippen LogP contribution in [-0.2, 0) is 10.0 Å². The van der Waals surface area contributed by atoms with Crippen molar-refractivity contribution in [3.05, 3.63) is 46.4 Å². The first-order valence-electron chi connectivity index (χ1n) is 13.0. The van der Waals surface area contributed by atoms with Crippen LogP contribution in [-0.4, -0.2) is 47.7 Å². The van der Waals surface area contributed by atoms with E-state index in [1.165, 1.54) is 18.4 Å². The van der Waals surface area contributed by atoms with Gasteiger partial charge in [-0.15, -0.1) is 0 Å². The third-order valence-corrected chi connectivity index (χ3v) is 9.34. The van der Waals surface area contributed by atoms with Gasteiger partial charge in [-0.3, -0.25) is 0 Å². The number of sulfonamides is 1. The fourth-order valence-electron chi connectivity index (χ4n) is 6.15. The molecule has 5 N–H and O–H groups in total. The number of hydrogen-bond acceptors (Lipinski definition) is 5. The van der Waals surface area contributed by atoms with Gasteiger partial charge >= 0.3 is 0 Å². The highest BCUT2D eigenvalue weighted by atomic mass is 32.2. The zero-order valence-corrected chi connectivity index (χ0v) is 20.7. The maximum atomic E-state index is 13.2. The van der Waals surface area contributed by atoms with Crippen LogP contribution in [0.5, 0.6) is 0 Å². The Hall–Kier alpha value is -1.25. The topological polar surface area (TPSA) is 96.2 Å². The van der Waals surface area contributed by atoms with Gasteiger partial charge in [0.1, 0.15) is 0 Å². The van der Waals surface area contributed by atoms with Crippen LogP contribution in [0, 0.1) is 23.7 Å². The SMILES string of the molecule is NCCCNCCCCNCCCNS(=O)(=O)C1=CCC2CCC3CC=CC4=CC=C1C2C43. The van der Waals surface area contributed by atoms with Gasteiger partial charge in [-0.25, -0.2) is 13.1 Å². The van der Waals surface area contributed by atoms with Crippen molar-refractivity contribution in [3.8, 4) is 0 Å². The Balaban J connectivity index is 1.22. The van der Waals surface area contributed by atoms with Crippen molar-refractivity contribution in [2.45, 2.75) is 51.4 Å². The highest BCUT2D eigenvalue weighted by Gasteiger charge is 2.47. The van der Waals surface area contributed by atoms with Crippen LogP contribution in [0.4, 0.5) is 0 Å². The number of unbranched alkanes of at least 4 members (excludes halogenated alkanes) is 1. The Morgan fingerprint density at radius 3 is 2.30 bits per heavy atom. The first-order valence-corrected chi connectivity index (χ1v) is 14.5. The normalized spacial score (nSPS) is 28.1. The zero-order valence-electron chi connectivity index (χ0n) is 19.9. The molecular formula is C26H42N4O2S. The number of nitrogens with two attached hydrogens (primary N) is 1. The molecule has 0 aromatic carbocycles. The van der Waals surface area contributed by atoms with Crippen LogP contribution in [0.25, 0.3) is 0 Å². The van der Waals surface area contributed by atoms with Crippen LogP contribution < -0.4 is 21.1 Å². The molecule has 4 aliphatic rings. The summed E-state index contributed by atoms with van der Waals surface area (Å²) in [5, 5.41) is 6.81. The highest BCUT2D eigenvalue weighted by molar-refractivity contribution is 7.93. The molecular weight excluding hydrogens is 432 g/mol. The molecule has 7 heteroatoms. The molecule has 6 nitrogen and oxygen atoms in total. The Kier molecular flexibility index (Phi) is 8.99. The summed E-state index contributed by atoms with van der Waals surface area (Å²) >= 11 is 0. The van der Waals surface area contributed by atoms with Gasteiger partial charge < -0.3 is 16.4 Å². The number of rotatable bonds is 14. The minimum Gasteiger partial charge on any atom is -0.330 e. The molecule has 4 rings (SSSR count). The Morgan fingerprint density at radius 2 is 1.55 bits per heavy atom. The third kappa shape index (κ3) is 6.06. The van der Waals surface area contributed by atoms with Gasteiger partial charge in [0.15, 0.2) is 0 Å². The van der Waals surface area contributed by atoms with E-state index >= 15 is 0 Å². The van der Waals surface area contributed by atoms with E-state index in [1.807, 2.05) is 6.08 Å². The van der Waals surface area contributed by atoms with Crippen molar-refractivity contribution in [1.82, 2.24) is 15.4 Å². The fourth-order valence-corrected chi connectivity index (χ4v) is 7.54. The number of nitrogens with one attached hydrogen (secondary N) is 3. The molecule has 1 saturated carbocycles. The molecule has 0 amide bonds. The van der Waals surface area contributed by atoms with Gasteiger partial charge in [0.2, 0.25) is 10.0 Å². The molecule has 0 heterocycles. The maximum absolute atomic E-state index is 13.2. The van der Waals surface area contributed by atoms with Crippen LogP contribution in [0.1, 0.15) is 51.4 Å². The second-order valence-electron chi connectivity index (χ2n) is 9.98. The lowest BCUT2D eigenvalue weighted by molar-refractivity contribution is 0.136. The smallest absolute Gasteiger partial charge is 0.240 e. The van der Waals surface area contributed by atoms with Crippen LogP contribution in [0.15, 0.2) is 46.4 Å². The van der Waals surface area contributed by atoms with Gasteiger partial charge in [0.05, 0.1) is 4.91 Å². The molecule has 0 aromatic heterocycles. The van der Waals surface area contributed by atoms with Gasteiger partial charge in [-0.05, 0) is 119 Å². The third-order valence-electron chi connectivity index (χ3n) is 7.78. The standard InChI is InChI=1S/C26H42N4O2S/c27-14-4-17-28-15-1-2-16-29-18-5-19-30-33(31,32)24-13-11-22-9-8-20-6-3-7-21-10-12-23(24)26(22)25(20)21/h3,7,10,12-13,20,22,25-26,28-30H,1-2,4-6,8-9,11,14-19,27H2. The molecule has 0 bridgehead atoms. The Labute approximate surface area is 200 Å². The summed E-state index contributed by atoms with van der Waals surface area (Å²) in [6.07, 6.45) is 19.4. The van der Waals surface area contributed by atoms with E-state index in [0.717, 1.165) is 76.8 Å². The van der Waals surface area contributed by atoms with Crippen molar-refractivity contribution < 1.29 is 8.42 Å². The molecule has 184 valence electrons. The lowest BCUT2D eigenvalue weighted by atomic mass is 9.56. The second kappa shape index (κ2) is 11.9. The second-order valence-corrected chi connectivity index (χ2v) is 11.7. The summed E-state index contributed by atoms with van der Waals surface area (Å²) in [4.78, 5) is 0.546. The quantitative estimate of drug-likeness (QED) is 0.290. The average molecular weight is 475 g/mol. The average Bonchev–Trinajstić information content (AvgIpc) is 2.83. The van der Waals surface area contributed by atoms with Crippen molar-refractivity contribution in [3.63, 3.8) is 0 Å². The summed E-state index contributed by atoms with van der Waals surface area (Å²) in [7, 11) is -3.47. The minimum atomic E-state index is -3.47. The molecule has 0 radical (unpaired) electrons. The monoisotopic (exact) mass is 474 g/mol. The van der Waals surface area contributed by atoms with E-state index in [4.69, 9.17) is 5.73 Å². The van der Waals surface area contributed by atoms with Crippen molar-refractivity contribution >= 4 is 10.0 Å². The highest BCUT2D eigenvalue weighted by Crippen LogP contribution is 2.55. The number of hydrogen-bond donors (Lipinski definition) is 4. The molecule has 4 atom stereocenters. The first kappa shape index (κ1) is 24.9. The van der Waals surface area contributed by atoms with E-state index in [1.54, 1.807) is 0 Å². The molecule has 0 aromatic rings. The van der Waals surface area contributed by atoms with Crippen LogP contribution >= 0.6 is 0 Å². The van der Waals surface area contributed by atoms with Crippen molar-refractivity contribution in [2.24, 2.45) is 29.4 Å². The molecule has 33 heavy (non-hydrogen) atoms. The molecule has 4 aliphatic carbocycles. The lowest BCUT2D eigenvalue weighted by Crippen LogP contribution is -2.42. The van der Waals surface area contributed by atoms with Gasteiger partial charge in [0, 0.05) is 6.54 Å². The predicted molar refractivity (Wildman–Crippen MR) is 136 cm³/mol. The number of allylic oxidation sites excluding steroid dienone is 7. The van der Waals surface area contributed by atoms with E-state index < -0.39 is 10.0 Å². The maximum Gasteiger partial charge on any atom is 0.240 e. The van der Waals surface area contributed by atoms with E-state index in [-0.39, 0.29) is 0 Å². The molecule has 0 spiro atoms. The Morgan fingerprint density at radius 1 is 0.848 bits per heavy atom. The van der Waals surface area contributed by atoms with E-state index in [2.05, 4.69) is 39.7 Å². The van der Waals surface area contributed by atoms with E-state index in [9.17, 15) is 8.42 Å². The summed E-state index contributed by atoms with van der Waals surface area (Å²) in [6, 6.07) is 0. The van der Waals surface area contributed by atoms with Crippen LogP contribution in [0.2, 0.25) is 0 Å². The van der Waals surface area contributed by atoms with E-state index in [0.29, 0.717) is 35.1 Å². The van der Waals surface area contributed by atoms with Crippen molar-refractivity contribution in [1.29, 1.82) is 0 Å². The van der Waals surface area contributed by atoms with Crippen molar-refractivity contribution in [2.75, 3.05) is 39.3 Å². The predicted octanol–water partition coefficient (Wildman–Crippen LogP) is 2.98.